The minimum absolute atomic E-state index is 0.0772. The SMILES string of the molecule is CC(=O)N1CCN(C)C[C@@H]1CC#N. The fourth-order valence-electron chi connectivity index (χ4n) is 1.71. The molecule has 1 aliphatic heterocycles. The van der Waals surface area contributed by atoms with Gasteiger partial charge in [-0.2, -0.15) is 5.26 Å². The molecule has 4 nitrogen and oxygen atoms in total. The molecule has 0 aromatic heterocycles. The largest absolute Gasteiger partial charge is 0.336 e. The first-order valence-corrected chi connectivity index (χ1v) is 4.48. The van der Waals surface area contributed by atoms with Crippen LogP contribution in [-0.4, -0.2) is 48.4 Å². The predicted molar refractivity (Wildman–Crippen MR) is 48.9 cm³/mol. The maximum absolute atomic E-state index is 11.2. The second-order valence-electron chi connectivity index (χ2n) is 3.49. The number of rotatable bonds is 1. The molecule has 0 unspecified atom stereocenters. The van der Waals surface area contributed by atoms with Crippen molar-refractivity contribution in [1.29, 1.82) is 5.26 Å². The van der Waals surface area contributed by atoms with E-state index in [4.69, 9.17) is 5.26 Å². The van der Waals surface area contributed by atoms with Gasteiger partial charge in [0.1, 0.15) is 0 Å². The second kappa shape index (κ2) is 4.24. The van der Waals surface area contributed by atoms with Crippen molar-refractivity contribution in [3.63, 3.8) is 0 Å². The number of nitriles is 1. The molecule has 0 radical (unpaired) electrons. The summed E-state index contributed by atoms with van der Waals surface area (Å²) in [5.74, 6) is 0.0772. The minimum Gasteiger partial charge on any atom is -0.336 e. The summed E-state index contributed by atoms with van der Waals surface area (Å²) in [5, 5.41) is 8.60. The van der Waals surface area contributed by atoms with Crippen LogP contribution in [0, 0.1) is 11.3 Å². The van der Waals surface area contributed by atoms with Crippen LogP contribution in [0.1, 0.15) is 13.3 Å². The lowest BCUT2D eigenvalue weighted by atomic mass is 10.1. The molecule has 4 heteroatoms. The highest BCUT2D eigenvalue weighted by Crippen LogP contribution is 2.11. The summed E-state index contributed by atoms with van der Waals surface area (Å²) >= 11 is 0. The highest BCUT2D eigenvalue weighted by atomic mass is 16.2. The zero-order valence-electron chi connectivity index (χ0n) is 8.16. The van der Waals surface area contributed by atoms with E-state index in [1.54, 1.807) is 11.8 Å². The van der Waals surface area contributed by atoms with Gasteiger partial charge in [0, 0.05) is 26.6 Å². The van der Waals surface area contributed by atoms with Crippen LogP contribution < -0.4 is 0 Å². The van der Waals surface area contributed by atoms with Crippen LogP contribution in [0.5, 0.6) is 0 Å². The van der Waals surface area contributed by atoms with Crippen LogP contribution in [0.15, 0.2) is 0 Å². The van der Waals surface area contributed by atoms with E-state index in [0.717, 1.165) is 19.6 Å². The molecule has 1 aliphatic rings. The lowest BCUT2D eigenvalue weighted by molar-refractivity contribution is -0.133. The maximum Gasteiger partial charge on any atom is 0.219 e. The normalized spacial score (nSPS) is 24.1. The molecule has 13 heavy (non-hydrogen) atoms. The van der Waals surface area contributed by atoms with Crippen LogP contribution in [-0.2, 0) is 4.79 Å². The van der Waals surface area contributed by atoms with Gasteiger partial charge < -0.3 is 9.80 Å². The van der Waals surface area contributed by atoms with E-state index >= 15 is 0 Å². The molecule has 1 heterocycles. The van der Waals surface area contributed by atoms with E-state index in [0.29, 0.717) is 6.42 Å². The van der Waals surface area contributed by atoms with Gasteiger partial charge in [0.25, 0.3) is 0 Å². The Balaban J connectivity index is 2.61. The van der Waals surface area contributed by atoms with Crippen molar-refractivity contribution in [3.8, 4) is 6.07 Å². The molecule has 0 N–H and O–H groups in total. The summed E-state index contributed by atoms with van der Waals surface area (Å²) in [5.41, 5.74) is 0. The van der Waals surface area contributed by atoms with E-state index in [1.165, 1.54) is 0 Å². The Kier molecular flexibility index (Phi) is 3.26. The van der Waals surface area contributed by atoms with Gasteiger partial charge in [0.2, 0.25) is 5.91 Å². The predicted octanol–water partition coefficient (Wildman–Crippen LogP) is 0.0626. The molecule has 0 saturated carbocycles. The Morgan fingerprint density at radius 2 is 2.31 bits per heavy atom. The molecule has 0 spiro atoms. The van der Waals surface area contributed by atoms with Crippen molar-refractivity contribution < 1.29 is 4.79 Å². The standard InChI is InChI=1S/C9H15N3O/c1-8(13)12-6-5-11(2)7-9(12)3-4-10/h9H,3,5-7H2,1-2H3/t9-/m0/s1. The van der Waals surface area contributed by atoms with Crippen molar-refractivity contribution >= 4 is 5.91 Å². The molecule has 1 fully saturated rings. The lowest BCUT2D eigenvalue weighted by Crippen LogP contribution is -2.53. The summed E-state index contributed by atoms with van der Waals surface area (Å²) in [7, 11) is 2.02. The fraction of sp³-hybridized carbons (Fsp3) is 0.778. The summed E-state index contributed by atoms with van der Waals surface area (Å²) in [6.45, 7) is 4.03. The third-order valence-electron chi connectivity index (χ3n) is 2.42. The third-order valence-corrected chi connectivity index (χ3v) is 2.42. The van der Waals surface area contributed by atoms with Crippen LogP contribution in [0.25, 0.3) is 0 Å². The molecule has 72 valence electrons. The fourth-order valence-corrected chi connectivity index (χ4v) is 1.71. The Hall–Kier alpha value is -1.08. The summed E-state index contributed by atoms with van der Waals surface area (Å²) < 4.78 is 0. The molecule has 1 amide bonds. The molecular weight excluding hydrogens is 166 g/mol. The van der Waals surface area contributed by atoms with E-state index in [1.807, 2.05) is 7.05 Å². The quantitative estimate of drug-likeness (QED) is 0.575. The summed E-state index contributed by atoms with van der Waals surface area (Å²) in [6.07, 6.45) is 0.434. The Morgan fingerprint density at radius 1 is 1.62 bits per heavy atom. The minimum atomic E-state index is 0.0772. The van der Waals surface area contributed by atoms with E-state index in [2.05, 4.69) is 11.0 Å². The van der Waals surface area contributed by atoms with Crippen LogP contribution in [0.4, 0.5) is 0 Å². The van der Waals surface area contributed by atoms with Crippen molar-refractivity contribution in [1.82, 2.24) is 9.80 Å². The van der Waals surface area contributed by atoms with E-state index < -0.39 is 0 Å². The van der Waals surface area contributed by atoms with Gasteiger partial charge in [-0.1, -0.05) is 0 Å². The van der Waals surface area contributed by atoms with Crippen molar-refractivity contribution in [3.05, 3.63) is 0 Å². The number of carbonyl (C=O) groups excluding carboxylic acids is 1. The summed E-state index contributed by atoms with van der Waals surface area (Å²) in [6, 6.07) is 2.21. The average Bonchev–Trinajstić information content (AvgIpc) is 2.04. The molecule has 1 atom stereocenters. The zero-order chi connectivity index (χ0) is 9.84. The van der Waals surface area contributed by atoms with Gasteiger partial charge in [-0.25, -0.2) is 0 Å². The molecular formula is C9H15N3O. The van der Waals surface area contributed by atoms with Gasteiger partial charge in [0.05, 0.1) is 18.5 Å². The van der Waals surface area contributed by atoms with Gasteiger partial charge in [-0.3, -0.25) is 4.79 Å². The number of hydrogen-bond acceptors (Lipinski definition) is 3. The number of amides is 1. The van der Waals surface area contributed by atoms with Crippen LogP contribution in [0.2, 0.25) is 0 Å². The van der Waals surface area contributed by atoms with Gasteiger partial charge in [-0.05, 0) is 7.05 Å². The molecule has 1 saturated heterocycles. The van der Waals surface area contributed by atoms with Gasteiger partial charge in [0.15, 0.2) is 0 Å². The molecule has 0 bridgehead atoms. The first kappa shape index (κ1) is 10.0. The van der Waals surface area contributed by atoms with Crippen LogP contribution >= 0.6 is 0 Å². The summed E-state index contributed by atoms with van der Waals surface area (Å²) in [4.78, 5) is 15.1. The smallest absolute Gasteiger partial charge is 0.219 e. The Morgan fingerprint density at radius 3 is 2.85 bits per heavy atom. The van der Waals surface area contributed by atoms with Crippen LogP contribution in [0.3, 0.4) is 0 Å². The molecule has 0 aromatic rings. The van der Waals surface area contributed by atoms with Crippen molar-refractivity contribution in [2.45, 2.75) is 19.4 Å². The maximum atomic E-state index is 11.2. The van der Waals surface area contributed by atoms with E-state index in [-0.39, 0.29) is 11.9 Å². The molecule has 1 rings (SSSR count). The number of hydrogen-bond donors (Lipinski definition) is 0. The monoisotopic (exact) mass is 181 g/mol. The third kappa shape index (κ3) is 2.43. The highest BCUT2D eigenvalue weighted by Gasteiger charge is 2.26. The topological polar surface area (TPSA) is 47.3 Å². The molecule has 0 aliphatic carbocycles. The number of piperazine rings is 1. The zero-order valence-corrected chi connectivity index (χ0v) is 8.16. The van der Waals surface area contributed by atoms with Gasteiger partial charge >= 0.3 is 0 Å². The van der Waals surface area contributed by atoms with E-state index in [9.17, 15) is 4.79 Å². The van der Waals surface area contributed by atoms with Gasteiger partial charge in [-0.15, -0.1) is 0 Å². The first-order valence-electron chi connectivity index (χ1n) is 4.48. The van der Waals surface area contributed by atoms with Crippen molar-refractivity contribution in [2.75, 3.05) is 26.7 Å². The first-order chi connectivity index (χ1) is 6.15. The Labute approximate surface area is 78.7 Å². The van der Waals surface area contributed by atoms with Crippen molar-refractivity contribution in [2.24, 2.45) is 0 Å². The number of likely N-dealkylation sites (N-methyl/N-ethyl adjacent to an activating group) is 1. The lowest BCUT2D eigenvalue weighted by Gasteiger charge is -2.38. The Bertz CT molecular complexity index is 234. The number of nitrogens with zero attached hydrogens (tertiary/aromatic N) is 3. The average molecular weight is 181 g/mol. The second-order valence-corrected chi connectivity index (χ2v) is 3.49. The number of carbonyl (C=O) groups is 1. The molecule has 0 aromatic carbocycles. The highest BCUT2D eigenvalue weighted by molar-refractivity contribution is 5.73.